The highest BCUT2D eigenvalue weighted by Gasteiger charge is 2.47. The first kappa shape index (κ1) is 64.0. The lowest BCUT2D eigenvalue weighted by Gasteiger charge is -2.36. The van der Waals surface area contributed by atoms with E-state index >= 15 is 0 Å². The summed E-state index contributed by atoms with van der Waals surface area (Å²) in [6.07, 6.45) is 0.0911. The van der Waals surface area contributed by atoms with Gasteiger partial charge in [0.2, 0.25) is 35.4 Å². The first-order valence-electron chi connectivity index (χ1n) is 25.3. The summed E-state index contributed by atoms with van der Waals surface area (Å²) in [4.78, 5) is 115. The molecule has 0 aromatic heterocycles. The number of rotatable bonds is 19. The maximum absolute atomic E-state index is 14.6. The van der Waals surface area contributed by atoms with Crippen LogP contribution < -0.4 is 47.3 Å². The number of likely N-dealkylation sites (N-methyl/N-ethyl adjacent to an activating group) is 2. The van der Waals surface area contributed by atoms with Gasteiger partial charge in [0.15, 0.2) is 0 Å². The Balaban J connectivity index is 0.00000760. The number of methoxy groups -OCH3 is 1. The number of hydrogen-bond donors (Lipinski definition) is 8. The van der Waals surface area contributed by atoms with E-state index in [0.29, 0.717) is 0 Å². The van der Waals surface area contributed by atoms with Crippen molar-refractivity contribution in [3.8, 4) is 5.75 Å². The maximum Gasteiger partial charge on any atom is 0.251 e. The predicted molar refractivity (Wildman–Crippen MR) is 296 cm³/mol. The molecule has 0 aliphatic carbocycles. The summed E-state index contributed by atoms with van der Waals surface area (Å²) in [6.45, 7) is 17.8. The van der Waals surface area contributed by atoms with Crippen LogP contribution in [-0.4, -0.2) is 140 Å². The first-order valence-corrected chi connectivity index (χ1v) is 25.3. The van der Waals surface area contributed by atoms with Gasteiger partial charge in [-0.2, -0.15) is 0 Å². The molecule has 5 rings (SSSR count). The molecular formula is C55H80Cl2N10O9. The van der Waals surface area contributed by atoms with Crippen LogP contribution in [0.2, 0.25) is 0 Å². The number of benzene rings is 3. The third-order valence-electron chi connectivity index (χ3n) is 13.9. The molecule has 76 heavy (non-hydrogen) atoms. The van der Waals surface area contributed by atoms with Crippen molar-refractivity contribution in [1.82, 2.24) is 52.3 Å². The van der Waals surface area contributed by atoms with E-state index in [1.54, 1.807) is 27.9 Å². The summed E-state index contributed by atoms with van der Waals surface area (Å²) in [6, 6.07) is 15.4. The molecule has 10 atom stereocenters. The molecule has 2 aliphatic rings. The van der Waals surface area contributed by atoms with E-state index in [0.717, 1.165) is 11.1 Å². The normalized spacial score (nSPS) is 19.6. The van der Waals surface area contributed by atoms with Gasteiger partial charge in [0.05, 0.1) is 31.3 Å². The van der Waals surface area contributed by atoms with E-state index in [1.165, 1.54) is 35.1 Å². The monoisotopic (exact) mass is 1090 g/mol. The number of carbonyl (C=O) groups is 8. The Labute approximate surface area is 460 Å². The van der Waals surface area contributed by atoms with Gasteiger partial charge in [-0.1, -0.05) is 102 Å². The lowest BCUT2D eigenvalue weighted by Crippen LogP contribution is -2.59. The van der Waals surface area contributed by atoms with E-state index in [4.69, 9.17) is 4.74 Å². The Morgan fingerprint density at radius 2 is 0.882 bits per heavy atom. The Kier molecular flexibility index (Phi) is 23.3. The maximum atomic E-state index is 14.6. The van der Waals surface area contributed by atoms with E-state index in [2.05, 4.69) is 42.5 Å². The number of halogens is 2. The zero-order valence-corrected chi connectivity index (χ0v) is 47.6. The van der Waals surface area contributed by atoms with E-state index in [9.17, 15) is 38.4 Å². The summed E-state index contributed by atoms with van der Waals surface area (Å²) < 4.78 is 5.56. The largest absolute Gasteiger partial charge is 0.497 e. The molecule has 0 spiro atoms. The fourth-order valence-electron chi connectivity index (χ4n) is 9.08. The second-order valence-corrected chi connectivity index (χ2v) is 21.7. The second kappa shape index (κ2) is 27.7. The van der Waals surface area contributed by atoms with Crippen molar-refractivity contribution in [2.24, 2.45) is 10.8 Å². The molecular weight excluding hydrogens is 1020 g/mol. The number of nitrogens with zero attached hydrogens (tertiary/aromatic N) is 2. The quantitative estimate of drug-likeness (QED) is 0.0854. The molecule has 0 saturated carbocycles. The Hall–Kier alpha value is -6.28. The number of likely N-dealkylation sites (tertiary alicyclic amines) is 2. The van der Waals surface area contributed by atoms with Gasteiger partial charge in [0, 0.05) is 36.3 Å². The van der Waals surface area contributed by atoms with Crippen molar-refractivity contribution in [2.75, 3.05) is 34.3 Å². The average Bonchev–Trinajstić information content (AvgIpc) is 4.00. The van der Waals surface area contributed by atoms with Crippen molar-refractivity contribution >= 4 is 72.1 Å². The Morgan fingerprint density at radius 3 is 1.18 bits per heavy atom. The highest BCUT2D eigenvalue weighted by atomic mass is 35.5. The zero-order chi connectivity index (χ0) is 54.8. The molecule has 2 saturated heterocycles. The van der Waals surface area contributed by atoms with Crippen molar-refractivity contribution < 1.29 is 43.1 Å². The van der Waals surface area contributed by atoms with Crippen LogP contribution in [-0.2, 0) is 28.8 Å². The predicted octanol–water partition coefficient (Wildman–Crippen LogP) is 3.97. The van der Waals surface area contributed by atoms with Crippen molar-refractivity contribution in [1.29, 1.82) is 0 Å². The summed E-state index contributed by atoms with van der Waals surface area (Å²) >= 11 is 0. The second-order valence-electron chi connectivity index (χ2n) is 21.7. The summed E-state index contributed by atoms with van der Waals surface area (Å²) in [5.74, 6) is -3.67. The van der Waals surface area contributed by atoms with Crippen molar-refractivity contribution in [3.05, 3.63) is 101 Å². The van der Waals surface area contributed by atoms with Crippen LogP contribution >= 0.6 is 24.8 Å². The van der Waals surface area contributed by atoms with Gasteiger partial charge >= 0.3 is 0 Å². The van der Waals surface area contributed by atoms with E-state index in [1.807, 2.05) is 116 Å². The minimum Gasteiger partial charge on any atom is -0.497 e. The Morgan fingerprint density at radius 1 is 0.539 bits per heavy atom. The standard InChI is InChI=1S/C55H78N10O9.2ClH/c1-31(35-20-16-14-17-21-35)58-50(70)42-27-39(29-64(42)52(72)44(54(5,6)7)62-46(66)33(3)56-11)60-48(68)37-24-38(26-41(25-37)74-13)49(69)61-40-28-43(51(71)59-32(2)36-22-18-15-19-23-36)65(30-40)53(73)45(55(8,9)10)63-47(67)34(4)57-12;;/h14-26,31-34,39-40,42-45,56-57H,27-30H2,1-13H3,(H,58,70)(H,59,71)(H,60,68)(H,61,69)(H,62,66)(H,63,67);2*1H/t31-,32-,33+,34+,39+,40+,42+,43+,44-,45-;;/m1../s1. The number of amides is 8. The van der Waals surface area contributed by atoms with Crippen LogP contribution in [0.4, 0.5) is 0 Å². The fourth-order valence-corrected chi connectivity index (χ4v) is 9.08. The smallest absolute Gasteiger partial charge is 0.251 e. The minimum atomic E-state index is -1.03. The highest BCUT2D eigenvalue weighted by molar-refractivity contribution is 6.01. The summed E-state index contributed by atoms with van der Waals surface area (Å²) in [5.41, 5.74) is 0.271. The lowest BCUT2D eigenvalue weighted by atomic mass is 9.85. The van der Waals surface area contributed by atoms with Crippen LogP contribution in [0.1, 0.15) is 126 Å². The van der Waals surface area contributed by atoms with Crippen LogP contribution in [0.5, 0.6) is 5.75 Å². The van der Waals surface area contributed by atoms with Gasteiger partial charge in [0.1, 0.15) is 29.9 Å². The summed E-state index contributed by atoms with van der Waals surface area (Å²) in [7, 11) is 4.66. The zero-order valence-electron chi connectivity index (χ0n) is 46.0. The van der Waals surface area contributed by atoms with E-state index < -0.39 is 119 Å². The topological polar surface area (TPSA) is 249 Å². The van der Waals surface area contributed by atoms with Gasteiger partial charge in [0.25, 0.3) is 11.8 Å². The molecule has 0 bridgehead atoms. The number of carbonyl (C=O) groups excluding carboxylic acids is 8. The fraction of sp³-hybridized carbons (Fsp3) is 0.527. The number of hydrogen-bond acceptors (Lipinski definition) is 11. The molecule has 2 aliphatic heterocycles. The third-order valence-corrected chi connectivity index (χ3v) is 13.9. The van der Waals surface area contributed by atoms with E-state index in [-0.39, 0.29) is 67.6 Å². The van der Waals surface area contributed by atoms with Crippen LogP contribution in [0, 0.1) is 10.8 Å². The number of nitrogens with one attached hydrogen (secondary N) is 8. The van der Waals surface area contributed by atoms with Crippen LogP contribution in [0.15, 0.2) is 78.9 Å². The molecule has 2 heterocycles. The Bertz CT molecular complexity index is 2340. The molecule has 2 fully saturated rings. The molecule has 19 nitrogen and oxygen atoms in total. The molecule has 418 valence electrons. The van der Waals surface area contributed by atoms with Crippen molar-refractivity contribution in [2.45, 2.75) is 142 Å². The first-order chi connectivity index (χ1) is 34.8. The lowest BCUT2D eigenvalue weighted by molar-refractivity contribution is -0.144. The number of ether oxygens (including phenoxy) is 1. The van der Waals surface area contributed by atoms with Crippen LogP contribution in [0.25, 0.3) is 0 Å². The summed E-state index contributed by atoms with van der Waals surface area (Å²) in [5, 5.41) is 23.6. The molecule has 0 unspecified atom stereocenters. The highest BCUT2D eigenvalue weighted by Crippen LogP contribution is 2.30. The average molecular weight is 1100 g/mol. The minimum absolute atomic E-state index is 0. The molecule has 21 heteroatoms. The van der Waals surface area contributed by atoms with Crippen molar-refractivity contribution in [3.63, 3.8) is 0 Å². The molecule has 0 radical (unpaired) electrons. The molecule has 8 amide bonds. The van der Waals surface area contributed by atoms with Gasteiger partial charge in [-0.15, -0.1) is 24.8 Å². The SMILES string of the molecule is CN[C@@H](C)C(=O)N[C@H](C(=O)N1C[C@@H](NC(=O)c2cc(OC)cc(C(=O)N[C@H]3C[C@@H](C(=O)N[C@H](C)c4ccccc4)N(C(=O)[C@@H](NC(=O)[C@H](C)NC)C(C)(C)C)C3)c2)C[C@H]1C(=O)N[C@H](C)c1ccccc1)C(C)(C)C.Cl.Cl. The van der Waals surface area contributed by atoms with Gasteiger partial charge in [-0.3, -0.25) is 38.4 Å². The third kappa shape index (κ3) is 16.4. The molecule has 3 aromatic carbocycles. The van der Waals surface area contributed by atoms with Crippen LogP contribution in [0.3, 0.4) is 0 Å². The molecule has 3 aromatic rings. The van der Waals surface area contributed by atoms with Gasteiger partial charge in [-0.25, -0.2) is 0 Å². The molecule has 8 N–H and O–H groups in total. The van der Waals surface area contributed by atoms with Gasteiger partial charge < -0.3 is 57.1 Å². The van der Waals surface area contributed by atoms with Gasteiger partial charge in [-0.05, 0) is 94.8 Å².